The Labute approximate surface area is 195 Å². The van der Waals surface area contributed by atoms with E-state index in [1.54, 1.807) is 36.5 Å². The van der Waals surface area contributed by atoms with Crippen LogP contribution in [-0.4, -0.2) is 40.1 Å². The third kappa shape index (κ3) is 5.60. The molecule has 0 spiro atoms. The lowest BCUT2D eigenvalue weighted by Crippen LogP contribution is -2.43. The molecule has 2 aromatic heterocycles. The number of carbonyl (C=O) groups excluding carboxylic acids is 2. The number of aromatic nitrogens is 3. The van der Waals surface area contributed by atoms with Gasteiger partial charge in [-0.25, -0.2) is 9.59 Å². The summed E-state index contributed by atoms with van der Waals surface area (Å²) in [4.78, 5) is 35.8. The van der Waals surface area contributed by atoms with Gasteiger partial charge in [-0.05, 0) is 48.7 Å². The largest absolute Gasteiger partial charge is 0.467 e. The van der Waals surface area contributed by atoms with E-state index in [9.17, 15) is 9.59 Å². The molecular weight excluding hydrogens is 436 g/mol. The number of urea groups is 1. The summed E-state index contributed by atoms with van der Waals surface area (Å²) in [5, 5.41) is 6.08. The topological polar surface area (TPSA) is 144 Å². The molecule has 0 bridgehead atoms. The summed E-state index contributed by atoms with van der Waals surface area (Å²) < 4.78 is 10.7. The van der Waals surface area contributed by atoms with Crippen LogP contribution in [0.15, 0.2) is 66.9 Å². The van der Waals surface area contributed by atoms with E-state index in [1.165, 1.54) is 7.11 Å². The van der Waals surface area contributed by atoms with Crippen LogP contribution in [0.25, 0.3) is 11.0 Å². The number of fused-ring (bicyclic) bond motifs is 1. The lowest BCUT2D eigenvalue weighted by atomic mass is 10.1. The number of rotatable bonds is 8. The number of nitrogens with zero attached hydrogens (tertiary/aromatic N) is 2. The number of esters is 1. The molecule has 4 rings (SSSR count). The van der Waals surface area contributed by atoms with Crippen LogP contribution in [0.1, 0.15) is 12.0 Å². The quantitative estimate of drug-likeness (QED) is 0.294. The highest BCUT2D eigenvalue weighted by Gasteiger charge is 2.21. The van der Waals surface area contributed by atoms with Crippen molar-refractivity contribution in [3.05, 3.63) is 72.4 Å². The molecule has 0 aliphatic carbocycles. The molecule has 2 amide bonds. The minimum absolute atomic E-state index is 0.0901. The van der Waals surface area contributed by atoms with Crippen LogP contribution < -0.4 is 21.1 Å². The number of ether oxygens (including phenoxy) is 2. The number of benzene rings is 2. The molecule has 34 heavy (non-hydrogen) atoms. The molecule has 0 saturated heterocycles. The van der Waals surface area contributed by atoms with Gasteiger partial charge in [-0.2, -0.15) is 9.97 Å². The van der Waals surface area contributed by atoms with Crippen molar-refractivity contribution >= 4 is 34.7 Å². The number of anilines is 2. The van der Waals surface area contributed by atoms with Gasteiger partial charge in [0.25, 0.3) is 0 Å². The van der Waals surface area contributed by atoms with Crippen molar-refractivity contribution in [2.75, 3.05) is 18.2 Å². The number of nitrogen functional groups attached to an aromatic ring is 1. The van der Waals surface area contributed by atoms with E-state index >= 15 is 0 Å². The Bertz CT molecular complexity index is 1270. The lowest BCUT2D eigenvalue weighted by molar-refractivity contribution is -0.142. The predicted molar refractivity (Wildman–Crippen MR) is 128 cm³/mol. The minimum Gasteiger partial charge on any atom is -0.467 e. The van der Waals surface area contributed by atoms with Gasteiger partial charge in [-0.15, -0.1) is 0 Å². The molecule has 0 radical (unpaired) electrons. The molecule has 10 nitrogen and oxygen atoms in total. The number of hydrogen-bond acceptors (Lipinski definition) is 7. The average molecular weight is 460 g/mol. The number of methoxy groups -OCH3 is 1. The van der Waals surface area contributed by atoms with Crippen LogP contribution in [0.5, 0.6) is 11.6 Å². The average Bonchev–Trinajstić information content (AvgIpc) is 3.32. The van der Waals surface area contributed by atoms with E-state index in [0.29, 0.717) is 41.2 Å². The summed E-state index contributed by atoms with van der Waals surface area (Å²) in [6.07, 6.45) is 2.75. The van der Waals surface area contributed by atoms with Crippen LogP contribution in [-0.2, 0) is 16.0 Å². The number of hydrogen-bond donors (Lipinski definition) is 4. The summed E-state index contributed by atoms with van der Waals surface area (Å²) in [6, 6.07) is 16.9. The third-order valence-electron chi connectivity index (χ3n) is 5.08. The molecule has 0 saturated carbocycles. The maximum absolute atomic E-state index is 12.5. The molecule has 0 unspecified atom stereocenters. The first-order chi connectivity index (χ1) is 16.5. The summed E-state index contributed by atoms with van der Waals surface area (Å²) in [7, 11) is 1.29. The van der Waals surface area contributed by atoms with Crippen molar-refractivity contribution in [2.24, 2.45) is 0 Å². The zero-order valence-electron chi connectivity index (χ0n) is 18.4. The fourth-order valence-corrected chi connectivity index (χ4v) is 3.40. The van der Waals surface area contributed by atoms with Gasteiger partial charge in [-0.1, -0.05) is 30.3 Å². The van der Waals surface area contributed by atoms with Gasteiger partial charge in [0.05, 0.1) is 12.5 Å². The molecule has 4 aromatic rings. The standard InChI is InChI=1S/C24H24N6O4/c1-33-22(31)19(12-7-15-5-3-2-4-6-15)28-24(32)27-16-8-10-17(11-9-16)34-21-18-13-14-26-20(18)29-23(25)30-21/h2-6,8-11,13-14,19H,7,12H2,1H3,(H2,27,28,32)(H3,25,26,29,30)/t19-/m0/s1. The number of H-pyrrole nitrogens is 1. The van der Waals surface area contributed by atoms with Gasteiger partial charge in [0.2, 0.25) is 11.8 Å². The molecular formula is C24H24N6O4. The van der Waals surface area contributed by atoms with E-state index in [1.807, 2.05) is 30.3 Å². The van der Waals surface area contributed by atoms with Crippen LogP contribution >= 0.6 is 0 Å². The zero-order valence-corrected chi connectivity index (χ0v) is 18.4. The number of nitrogens with one attached hydrogen (secondary N) is 3. The highest BCUT2D eigenvalue weighted by atomic mass is 16.5. The molecule has 2 aromatic carbocycles. The third-order valence-corrected chi connectivity index (χ3v) is 5.08. The van der Waals surface area contributed by atoms with Crippen molar-refractivity contribution in [1.29, 1.82) is 0 Å². The van der Waals surface area contributed by atoms with Crippen molar-refractivity contribution in [3.8, 4) is 11.6 Å². The van der Waals surface area contributed by atoms with E-state index in [2.05, 4.69) is 25.6 Å². The predicted octanol–water partition coefficient (Wildman–Crippen LogP) is 3.63. The normalized spacial score (nSPS) is 11.6. The fraction of sp³-hybridized carbons (Fsp3) is 0.167. The maximum Gasteiger partial charge on any atom is 0.328 e. The molecule has 2 heterocycles. The summed E-state index contributed by atoms with van der Waals surface area (Å²) in [5.41, 5.74) is 7.89. The number of aromatic amines is 1. The summed E-state index contributed by atoms with van der Waals surface area (Å²) in [6.45, 7) is 0. The van der Waals surface area contributed by atoms with Gasteiger partial charge in [0.15, 0.2) is 0 Å². The smallest absolute Gasteiger partial charge is 0.328 e. The number of nitrogens with two attached hydrogens (primary N) is 1. The van der Waals surface area contributed by atoms with Gasteiger partial charge in [0, 0.05) is 11.9 Å². The lowest BCUT2D eigenvalue weighted by Gasteiger charge is -2.17. The van der Waals surface area contributed by atoms with E-state index < -0.39 is 18.0 Å². The van der Waals surface area contributed by atoms with Gasteiger partial charge < -0.3 is 30.8 Å². The van der Waals surface area contributed by atoms with E-state index in [-0.39, 0.29) is 5.95 Å². The second kappa shape index (κ2) is 10.3. The Morgan fingerprint density at radius 1 is 1.06 bits per heavy atom. The molecule has 10 heteroatoms. The molecule has 1 atom stereocenters. The fourth-order valence-electron chi connectivity index (χ4n) is 3.40. The molecule has 0 aliphatic heterocycles. The van der Waals surface area contributed by atoms with Gasteiger partial charge in [0.1, 0.15) is 17.4 Å². The first kappa shape index (κ1) is 22.6. The molecule has 0 aliphatic rings. The SMILES string of the molecule is COC(=O)[C@H](CCc1ccccc1)NC(=O)Nc1ccc(Oc2nc(N)nc3[nH]ccc23)cc1. The van der Waals surface area contributed by atoms with Gasteiger partial charge in [-0.3, -0.25) is 0 Å². The first-order valence-corrected chi connectivity index (χ1v) is 10.6. The molecule has 174 valence electrons. The van der Waals surface area contributed by atoms with Gasteiger partial charge >= 0.3 is 12.0 Å². The zero-order chi connectivity index (χ0) is 23.9. The Hall–Kier alpha value is -4.60. The Kier molecular flexibility index (Phi) is 6.87. The number of amides is 2. The van der Waals surface area contributed by atoms with Crippen molar-refractivity contribution in [3.63, 3.8) is 0 Å². The van der Waals surface area contributed by atoms with Crippen LogP contribution in [0.4, 0.5) is 16.4 Å². The number of carbonyl (C=O) groups is 2. The maximum atomic E-state index is 12.5. The summed E-state index contributed by atoms with van der Waals surface area (Å²) >= 11 is 0. The van der Waals surface area contributed by atoms with E-state index in [0.717, 1.165) is 5.56 Å². The second-order valence-electron chi connectivity index (χ2n) is 7.45. The number of aryl methyl sites for hydroxylation is 1. The Balaban J connectivity index is 1.36. The minimum atomic E-state index is -0.778. The van der Waals surface area contributed by atoms with E-state index in [4.69, 9.17) is 15.2 Å². The first-order valence-electron chi connectivity index (χ1n) is 10.6. The second-order valence-corrected chi connectivity index (χ2v) is 7.45. The van der Waals surface area contributed by atoms with Crippen molar-refractivity contribution in [1.82, 2.24) is 20.3 Å². The molecule has 5 N–H and O–H groups in total. The van der Waals surface area contributed by atoms with Crippen molar-refractivity contribution < 1.29 is 19.1 Å². The Morgan fingerprint density at radius 2 is 1.82 bits per heavy atom. The van der Waals surface area contributed by atoms with Crippen LogP contribution in [0, 0.1) is 0 Å². The van der Waals surface area contributed by atoms with Crippen LogP contribution in [0.3, 0.4) is 0 Å². The molecule has 0 fully saturated rings. The highest BCUT2D eigenvalue weighted by Crippen LogP contribution is 2.28. The highest BCUT2D eigenvalue weighted by molar-refractivity contribution is 5.92. The monoisotopic (exact) mass is 460 g/mol. The van der Waals surface area contributed by atoms with Crippen molar-refractivity contribution in [2.45, 2.75) is 18.9 Å². The summed E-state index contributed by atoms with van der Waals surface area (Å²) in [5.74, 6) is 0.408. The van der Waals surface area contributed by atoms with Crippen LogP contribution in [0.2, 0.25) is 0 Å². The Morgan fingerprint density at radius 3 is 2.56 bits per heavy atom.